The van der Waals surface area contributed by atoms with Gasteiger partial charge in [-0.2, -0.15) is 0 Å². The summed E-state index contributed by atoms with van der Waals surface area (Å²) in [5.74, 6) is 1.36. The summed E-state index contributed by atoms with van der Waals surface area (Å²) in [6.45, 7) is 5.75. The van der Waals surface area contributed by atoms with Crippen LogP contribution < -0.4 is 5.32 Å². The first-order valence-corrected chi connectivity index (χ1v) is 7.19. The highest BCUT2D eigenvalue weighted by Gasteiger charge is 2.67. The Bertz CT molecular complexity index is 456. The molecule has 1 aliphatic heterocycles. The Balaban J connectivity index is 0.00000133. The molecule has 0 unspecified atom stereocenters. The highest BCUT2D eigenvalue weighted by molar-refractivity contribution is 6.42. The van der Waals surface area contributed by atoms with Crippen molar-refractivity contribution in [1.29, 1.82) is 0 Å². The van der Waals surface area contributed by atoms with Gasteiger partial charge in [0, 0.05) is 12.0 Å². The monoisotopic (exact) mass is 321 g/mol. The molecule has 0 aromatic heterocycles. The van der Waals surface area contributed by atoms with E-state index in [2.05, 4.69) is 11.4 Å². The van der Waals surface area contributed by atoms with E-state index in [1.54, 1.807) is 0 Å². The van der Waals surface area contributed by atoms with Crippen LogP contribution in [-0.4, -0.2) is 26.3 Å². The second-order valence-electron chi connectivity index (χ2n) is 5.18. The molecule has 1 aliphatic carbocycles. The second-order valence-corrected chi connectivity index (χ2v) is 5.99. The fourth-order valence-electron chi connectivity index (χ4n) is 3.43. The van der Waals surface area contributed by atoms with Crippen molar-refractivity contribution in [2.45, 2.75) is 12.3 Å². The minimum atomic E-state index is 0. The van der Waals surface area contributed by atoms with Gasteiger partial charge in [0.05, 0.1) is 16.7 Å². The molecule has 0 radical (unpaired) electrons. The zero-order valence-corrected chi connectivity index (χ0v) is 13.1. The predicted octanol–water partition coefficient (Wildman–Crippen LogP) is 3.54. The van der Waals surface area contributed by atoms with Crippen molar-refractivity contribution >= 4 is 35.6 Å². The summed E-state index contributed by atoms with van der Waals surface area (Å²) in [5, 5.41) is 4.70. The fraction of sp³-hybridized carbons (Fsp3) is 0.571. The number of fused-ring (bicyclic) bond motifs is 1. The molecule has 19 heavy (non-hydrogen) atoms. The first-order valence-electron chi connectivity index (χ1n) is 6.44. The number of nitrogens with one attached hydrogen (secondary N) is 1. The van der Waals surface area contributed by atoms with Crippen LogP contribution in [0.15, 0.2) is 18.2 Å². The molecule has 3 rings (SSSR count). The van der Waals surface area contributed by atoms with Gasteiger partial charge in [-0.15, -0.1) is 12.4 Å². The SMILES string of the molecule is CCOC[C@@]1(c2ccc(Cl)c(Cl)c2)[C@@H]2CNC[C@@H]21.Cl. The molecule has 2 fully saturated rings. The van der Waals surface area contributed by atoms with Crippen molar-refractivity contribution in [2.24, 2.45) is 11.8 Å². The number of benzene rings is 1. The third kappa shape index (κ3) is 2.38. The largest absolute Gasteiger partial charge is 0.381 e. The van der Waals surface area contributed by atoms with Crippen molar-refractivity contribution in [3.05, 3.63) is 33.8 Å². The van der Waals surface area contributed by atoms with Crippen molar-refractivity contribution in [3.8, 4) is 0 Å². The van der Waals surface area contributed by atoms with Gasteiger partial charge in [-0.3, -0.25) is 0 Å². The van der Waals surface area contributed by atoms with Crippen LogP contribution in [-0.2, 0) is 10.2 Å². The summed E-state index contributed by atoms with van der Waals surface area (Å²) < 4.78 is 5.72. The van der Waals surface area contributed by atoms with Gasteiger partial charge < -0.3 is 10.1 Å². The Morgan fingerprint density at radius 3 is 2.53 bits per heavy atom. The lowest BCUT2D eigenvalue weighted by molar-refractivity contribution is 0.114. The van der Waals surface area contributed by atoms with Crippen LogP contribution in [0.2, 0.25) is 10.0 Å². The molecule has 2 aliphatic rings. The van der Waals surface area contributed by atoms with Gasteiger partial charge in [0.15, 0.2) is 0 Å². The Morgan fingerprint density at radius 1 is 1.26 bits per heavy atom. The topological polar surface area (TPSA) is 21.3 Å². The quantitative estimate of drug-likeness (QED) is 0.915. The molecule has 2 nitrogen and oxygen atoms in total. The Morgan fingerprint density at radius 2 is 1.95 bits per heavy atom. The smallest absolute Gasteiger partial charge is 0.0595 e. The molecule has 1 heterocycles. The van der Waals surface area contributed by atoms with Gasteiger partial charge in [-0.1, -0.05) is 29.3 Å². The van der Waals surface area contributed by atoms with Gasteiger partial charge in [0.25, 0.3) is 0 Å². The van der Waals surface area contributed by atoms with E-state index in [9.17, 15) is 0 Å². The molecule has 1 saturated heterocycles. The highest BCUT2D eigenvalue weighted by atomic mass is 35.5. The van der Waals surface area contributed by atoms with Gasteiger partial charge >= 0.3 is 0 Å². The van der Waals surface area contributed by atoms with Crippen molar-refractivity contribution in [3.63, 3.8) is 0 Å². The van der Waals surface area contributed by atoms with Gasteiger partial charge in [-0.25, -0.2) is 0 Å². The van der Waals surface area contributed by atoms with Crippen LogP contribution in [0.1, 0.15) is 12.5 Å². The zero-order valence-electron chi connectivity index (χ0n) is 10.8. The van der Waals surface area contributed by atoms with Gasteiger partial charge in [0.2, 0.25) is 0 Å². The Hall–Kier alpha value is 0.01000. The lowest BCUT2D eigenvalue weighted by Crippen LogP contribution is -2.29. The predicted molar refractivity (Wildman–Crippen MR) is 81.7 cm³/mol. The van der Waals surface area contributed by atoms with Crippen LogP contribution >= 0.6 is 35.6 Å². The van der Waals surface area contributed by atoms with Crippen LogP contribution in [0.4, 0.5) is 0 Å². The standard InChI is InChI=1S/C14H17Cl2NO.ClH/c1-2-18-8-14(10-6-17-7-11(10)14)9-3-4-12(15)13(16)5-9;/h3-5,10-11,17H,2,6-8H2,1H3;1H/t10-,11+,14-;. The fourth-order valence-corrected chi connectivity index (χ4v) is 3.73. The third-order valence-corrected chi connectivity index (χ3v) is 5.17. The maximum atomic E-state index is 6.15. The molecule has 0 spiro atoms. The zero-order chi connectivity index (χ0) is 12.8. The highest BCUT2D eigenvalue weighted by Crippen LogP contribution is 2.62. The number of hydrogen-bond acceptors (Lipinski definition) is 2. The summed E-state index contributed by atoms with van der Waals surface area (Å²) in [4.78, 5) is 0. The van der Waals surface area contributed by atoms with Gasteiger partial charge in [0.1, 0.15) is 0 Å². The lowest BCUT2D eigenvalue weighted by Gasteiger charge is -2.22. The molecule has 3 atom stereocenters. The van der Waals surface area contributed by atoms with Crippen LogP contribution in [0.5, 0.6) is 0 Å². The Kier molecular flexibility index (Phi) is 4.69. The van der Waals surface area contributed by atoms with Crippen LogP contribution in [0, 0.1) is 11.8 Å². The van der Waals surface area contributed by atoms with E-state index in [4.69, 9.17) is 27.9 Å². The number of rotatable bonds is 4. The maximum absolute atomic E-state index is 6.15. The average molecular weight is 323 g/mol. The van der Waals surface area contributed by atoms with E-state index >= 15 is 0 Å². The molecule has 1 saturated carbocycles. The van der Waals surface area contributed by atoms with Crippen molar-refractivity contribution in [2.75, 3.05) is 26.3 Å². The molecule has 0 amide bonds. The van der Waals surface area contributed by atoms with E-state index in [0.29, 0.717) is 21.9 Å². The summed E-state index contributed by atoms with van der Waals surface area (Å²) in [6.07, 6.45) is 0. The molecular weight excluding hydrogens is 305 g/mol. The average Bonchev–Trinajstić information content (AvgIpc) is 2.74. The Labute approximate surface area is 130 Å². The maximum Gasteiger partial charge on any atom is 0.0595 e. The summed E-state index contributed by atoms with van der Waals surface area (Å²) in [7, 11) is 0. The van der Waals surface area contributed by atoms with E-state index < -0.39 is 0 Å². The first-order chi connectivity index (χ1) is 8.70. The van der Waals surface area contributed by atoms with E-state index in [1.165, 1.54) is 5.56 Å². The van der Waals surface area contributed by atoms with Gasteiger partial charge in [-0.05, 0) is 49.5 Å². The minimum Gasteiger partial charge on any atom is -0.381 e. The van der Waals surface area contributed by atoms with Crippen molar-refractivity contribution < 1.29 is 4.74 Å². The van der Waals surface area contributed by atoms with Crippen LogP contribution in [0.3, 0.4) is 0 Å². The molecular formula is C14H18Cl3NO. The third-order valence-electron chi connectivity index (χ3n) is 4.43. The summed E-state index contributed by atoms with van der Waals surface area (Å²) >= 11 is 12.2. The first kappa shape index (κ1) is 15.4. The number of piperidine rings is 1. The number of hydrogen-bond donors (Lipinski definition) is 1. The van der Waals surface area contributed by atoms with E-state index in [1.807, 2.05) is 19.1 Å². The minimum absolute atomic E-state index is 0. The summed E-state index contributed by atoms with van der Waals surface area (Å²) in [6, 6.07) is 6.02. The molecule has 0 bridgehead atoms. The molecule has 1 aromatic rings. The molecule has 5 heteroatoms. The van der Waals surface area contributed by atoms with E-state index in [0.717, 1.165) is 26.3 Å². The molecule has 1 aromatic carbocycles. The molecule has 1 N–H and O–H groups in total. The summed E-state index contributed by atoms with van der Waals surface area (Å²) in [5.41, 5.74) is 1.44. The molecule has 106 valence electrons. The van der Waals surface area contributed by atoms with E-state index in [-0.39, 0.29) is 17.8 Å². The van der Waals surface area contributed by atoms with Crippen LogP contribution in [0.25, 0.3) is 0 Å². The van der Waals surface area contributed by atoms with Crippen molar-refractivity contribution in [1.82, 2.24) is 5.32 Å². The second kappa shape index (κ2) is 5.79. The number of halogens is 3. The normalized spacial score (nSPS) is 31.7. The number of ether oxygens (including phenoxy) is 1. The lowest BCUT2D eigenvalue weighted by atomic mass is 9.91.